The maximum atomic E-state index is 6.25. The molecular weight excluding hydrogens is 244 g/mol. The molecule has 0 aliphatic carbocycles. The predicted octanol–water partition coefficient (Wildman–Crippen LogP) is 3.74. The van der Waals surface area contributed by atoms with Crippen molar-refractivity contribution in [1.29, 1.82) is 0 Å². The summed E-state index contributed by atoms with van der Waals surface area (Å²) in [6.07, 6.45) is 1.95. The zero-order valence-electron chi connectivity index (χ0n) is 9.81. The molecule has 0 saturated carbocycles. The van der Waals surface area contributed by atoms with Crippen molar-refractivity contribution in [3.05, 3.63) is 65.3 Å². The van der Waals surface area contributed by atoms with Gasteiger partial charge in [0.05, 0.1) is 10.5 Å². The molecule has 0 bridgehead atoms. The molecule has 2 aromatic carbocycles. The Morgan fingerprint density at radius 2 is 1.72 bits per heavy atom. The van der Waals surface area contributed by atoms with E-state index in [-0.39, 0.29) is 0 Å². The third-order valence-corrected chi connectivity index (χ3v) is 3.41. The lowest BCUT2D eigenvalue weighted by Crippen LogP contribution is -1.97. The molecule has 3 aromatic rings. The Hall–Kier alpha value is -1.77. The van der Waals surface area contributed by atoms with E-state index < -0.39 is 0 Å². The molecule has 0 unspecified atom stereocenters. The van der Waals surface area contributed by atoms with Crippen LogP contribution in [0.4, 0.5) is 0 Å². The van der Waals surface area contributed by atoms with Crippen molar-refractivity contribution in [2.24, 2.45) is 5.73 Å². The smallest absolute Gasteiger partial charge is 0.0665 e. The standard InChI is InChI=1S/C15H13ClN2/c16-14-10-18(15-4-2-1-3-13(14)15)12-7-5-11(9-17)6-8-12/h1-8,10H,9,17H2. The van der Waals surface area contributed by atoms with Crippen LogP contribution in [0.25, 0.3) is 16.6 Å². The van der Waals surface area contributed by atoms with Crippen molar-refractivity contribution in [2.75, 3.05) is 0 Å². The van der Waals surface area contributed by atoms with Gasteiger partial charge < -0.3 is 10.3 Å². The molecule has 3 heteroatoms. The summed E-state index contributed by atoms with van der Waals surface area (Å²) < 4.78 is 2.10. The van der Waals surface area contributed by atoms with Crippen molar-refractivity contribution in [3.8, 4) is 5.69 Å². The summed E-state index contributed by atoms with van der Waals surface area (Å²) in [7, 11) is 0. The predicted molar refractivity (Wildman–Crippen MR) is 76.2 cm³/mol. The minimum absolute atomic E-state index is 0.563. The topological polar surface area (TPSA) is 30.9 Å². The number of hydrogen-bond acceptors (Lipinski definition) is 1. The van der Waals surface area contributed by atoms with E-state index in [4.69, 9.17) is 17.3 Å². The van der Waals surface area contributed by atoms with Gasteiger partial charge in [0.15, 0.2) is 0 Å². The molecule has 3 rings (SSSR count). The van der Waals surface area contributed by atoms with Crippen LogP contribution in [0.5, 0.6) is 0 Å². The van der Waals surface area contributed by atoms with Crippen molar-refractivity contribution in [2.45, 2.75) is 6.54 Å². The molecule has 0 fully saturated rings. The number of aromatic nitrogens is 1. The number of nitrogens with zero attached hydrogens (tertiary/aromatic N) is 1. The van der Waals surface area contributed by atoms with Gasteiger partial charge in [-0.05, 0) is 23.8 Å². The van der Waals surface area contributed by atoms with Crippen LogP contribution in [0.1, 0.15) is 5.56 Å². The summed E-state index contributed by atoms with van der Waals surface area (Å²) in [4.78, 5) is 0. The van der Waals surface area contributed by atoms with Crippen molar-refractivity contribution in [3.63, 3.8) is 0 Å². The summed E-state index contributed by atoms with van der Waals surface area (Å²) in [5, 5.41) is 1.84. The van der Waals surface area contributed by atoms with Gasteiger partial charge in [-0.2, -0.15) is 0 Å². The maximum absolute atomic E-state index is 6.25. The zero-order chi connectivity index (χ0) is 12.5. The first-order valence-corrected chi connectivity index (χ1v) is 6.22. The van der Waals surface area contributed by atoms with E-state index in [9.17, 15) is 0 Å². The van der Waals surface area contributed by atoms with Crippen molar-refractivity contribution >= 4 is 22.5 Å². The molecule has 2 nitrogen and oxygen atoms in total. The Kier molecular flexibility index (Phi) is 2.82. The summed E-state index contributed by atoms with van der Waals surface area (Å²) in [5.74, 6) is 0. The number of fused-ring (bicyclic) bond motifs is 1. The normalized spacial score (nSPS) is 11.0. The monoisotopic (exact) mass is 256 g/mol. The lowest BCUT2D eigenvalue weighted by atomic mass is 10.2. The highest BCUT2D eigenvalue weighted by atomic mass is 35.5. The molecule has 0 atom stereocenters. The molecule has 2 N–H and O–H groups in total. The van der Waals surface area contributed by atoms with Crippen LogP contribution >= 0.6 is 11.6 Å². The van der Waals surface area contributed by atoms with E-state index in [1.54, 1.807) is 0 Å². The molecule has 0 saturated heterocycles. The second-order valence-corrected chi connectivity index (χ2v) is 4.64. The SMILES string of the molecule is NCc1ccc(-n2cc(Cl)c3ccccc32)cc1. The number of hydrogen-bond donors (Lipinski definition) is 1. The average Bonchev–Trinajstić information content (AvgIpc) is 2.77. The average molecular weight is 257 g/mol. The van der Waals surface area contributed by atoms with Gasteiger partial charge >= 0.3 is 0 Å². The number of rotatable bonds is 2. The lowest BCUT2D eigenvalue weighted by molar-refractivity contribution is 1.06. The molecule has 1 heterocycles. The second kappa shape index (κ2) is 4.48. The molecule has 0 spiro atoms. The molecule has 90 valence electrons. The molecule has 0 aliphatic heterocycles. The van der Waals surface area contributed by atoms with Gasteiger partial charge in [0.2, 0.25) is 0 Å². The highest BCUT2D eigenvalue weighted by Crippen LogP contribution is 2.28. The number of benzene rings is 2. The first kappa shape index (κ1) is 11.3. The summed E-state index contributed by atoms with van der Waals surface area (Å²) in [5.41, 5.74) is 8.94. The minimum Gasteiger partial charge on any atom is -0.326 e. The number of nitrogens with two attached hydrogens (primary N) is 1. The van der Waals surface area contributed by atoms with Crippen LogP contribution in [0.3, 0.4) is 0 Å². The van der Waals surface area contributed by atoms with Gasteiger partial charge in [-0.25, -0.2) is 0 Å². The van der Waals surface area contributed by atoms with Gasteiger partial charge in [-0.15, -0.1) is 0 Å². The highest BCUT2D eigenvalue weighted by molar-refractivity contribution is 6.35. The van der Waals surface area contributed by atoms with Gasteiger partial charge in [-0.3, -0.25) is 0 Å². The molecule has 18 heavy (non-hydrogen) atoms. The second-order valence-electron chi connectivity index (χ2n) is 4.23. The fraction of sp³-hybridized carbons (Fsp3) is 0.0667. The van der Waals surface area contributed by atoms with E-state index in [1.165, 1.54) is 0 Å². The van der Waals surface area contributed by atoms with E-state index in [0.29, 0.717) is 6.54 Å². The summed E-state index contributed by atoms with van der Waals surface area (Å²) in [6, 6.07) is 16.3. The maximum Gasteiger partial charge on any atom is 0.0665 e. The Balaban J connectivity index is 2.18. The third kappa shape index (κ3) is 1.80. The fourth-order valence-electron chi connectivity index (χ4n) is 2.14. The fourth-order valence-corrected chi connectivity index (χ4v) is 2.40. The summed E-state index contributed by atoms with van der Waals surface area (Å²) in [6.45, 7) is 0.563. The molecule has 0 aliphatic rings. The lowest BCUT2D eigenvalue weighted by Gasteiger charge is -2.06. The summed E-state index contributed by atoms with van der Waals surface area (Å²) >= 11 is 6.25. The highest BCUT2D eigenvalue weighted by Gasteiger charge is 2.07. The van der Waals surface area contributed by atoms with Crippen molar-refractivity contribution < 1.29 is 0 Å². The van der Waals surface area contributed by atoms with E-state index in [1.807, 2.05) is 36.5 Å². The third-order valence-electron chi connectivity index (χ3n) is 3.11. The zero-order valence-corrected chi connectivity index (χ0v) is 10.6. The van der Waals surface area contributed by atoms with Gasteiger partial charge in [-0.1, -0.05) is 41.9 Å². The van der Waals surface area contributed by atoms with Crippen LogP contribution in [-0.4, -0.2) is 4.57 Å². The Labute approximate surface area is 111 Å². The molecular formula is C15H13ClN2. The number of para-hydroxylation sites is 1. The van der Waals surface area contributed by atoms with Crippen LogP contribution in [0, 0.1) is 0 Å². The Morgan fingerprint density at radius 3 is 2.44 bits per heavy atom. The van der Waals surface area contributed by atoms with Crippen LogP contribution in [0.2, 0.25) is 5.02 Å². The van der Waals surface area contributed by atoms with E-state index in [2.05, 4.69) is 22.8 Å². The van der Waals surface area contributed by atoms with Gasteiger partial charge in [0, 0.05) is 23.8 Å². The van der Waals surface area contributed by atoms with Crippen LogP contribution < -0.4 is 5.73 Å². The number of halogens is 1. The van der Waals surface area contributed by atoms with Crippen LogP contribution in [-0.2, 0) is 6.54 Å². The molecule has 0 amide bonds. The van der Waals surface area contributed by atoms with E-state index >= 15 is 0 Å². The largest absolute Gasteiger partial charge is 0.326 e. The van der Waals surface area contributed by atoms with Gasteiger partial charge in [0.1, 0.15) is 0 Å². The minimum atomic E-state index is 0.563. The van der Waals surface area contributed by atoms with E-state index in [0.717, 1.165) is 27.2 Å². The first-order chi connectivity index (χ1) is 8.79. The molecule has 0 radical (unpaired) electrons. The van der Waals surface area contributed by atoms with Crippen molar-refractivity contribution in [1.82, 2.24) is 4.57 Å². The molecule has 1 aromatic heterocycles. The first-order valence-electron chi connectivity index (χ1n) is 5.84. The Morgan fingerprint density at radius 1 is 1.00 bits per heavy atom. The van der Waals surface area contributed by atoms with Gasteiger partial charge in [0.25, 0.3) is 0 Å². The Bertz CT molecular complexity index is 683. The van der Waals surface area contributed by atoms with Crippen LogP contribution in [0.15, 0.2) is 54.7 Å². The quantitative estimate of drug-likeness (QED) is 0.744.